The summed E-state index contributed by atoms with van der Waals surface area (Å²) in [6.45, 7) is 2.05. The maximum Gasteiger partial charge on any atom is 0.276 e. The van der Waals surface area contributed by atoms with E-state index in [0.29, 0.717) is 23.5 Å². The van der Waals surface area contributed by atoms with Gasteiger partial charge in [0.25, 0.3) is 5.91 Å². The molecule has 144 valence electrons. The van der Waals surface area contributed by atoms with Crippen LogP contribution in [0, 0.1) is 6.92 Å². The molecule has 0 aliphatic heterocycles. The molecule has 2 aliphatic carbocycles. The number of amides is 1. The monoisotopic (exact) mass is 366 g/mol. The van der Waals surface area contributed by atoms with Gasteiger partial charge in [-0.2, -0.15) is 0 Å². The summed E-state index contributed by atoms with van der Waals surface area (Å²) in [4.78, 5) is 15.7. The van der Waals surface area contributed by atoms with Crippen LogP contribution in [0.25, 0.3) is 11.3 Å². The van der Waals surface area contributed by atoms with Crippen molar-refractivity contribution in [3.05, 3.63) is 41.6 Å². The Hall–Kier alpha value is -2.10. The van der Waals surface area contributed by atoms with E-state index in [1.54, 1.807) is 0 Å². The fourth-order valence-electron chi connectivity index (χ4n) is 4.83. The van der Waals surface area contributed by atoms with Crippen LogP contribution in [0.1, 0.15) is 80.3 Å². The summed E-state index contributed by atoms with van der Waals surface area (Å²) in [6.07, 6.45) is 12.0. The molecule has 2 aliphatic rings. The molecule has 0 unspecified atom stereocenters. The van der Waals surface area contributed by atoms with Gasteiger partial charge in [0.2, 0.25) is 0 Å². The highest BCUT2D eigenvalue weighted by atomic mass is 16.5. The van der Waals surface area contributed by atoms with E-state index in [4.69, 9.17) is 4.52 Å². The fraction of sp³-hybridized carbons (Fsp3) is 0.565. The van der Waals surface area contributed by atoms with Crippen LogP contribution < -0.4 is 0 Å². The van der Waals surface area contributed by atoms with Gasteiger partial charge in [-0.05, 0) is 38.2 Å². The van der Waals surface area contributed by atoms with Gasteiger partial charge in [-0.3, -0.25) is 4.79 Å². The summed E-state index contributed by atoms with van der Waals surface area (Å²) in [5.74, 6) is 0.751. The first-order valence-electron chi connectivity index (χ1n) is 10.6. The zero-order chi connectivity index (χ0) is 18.6. The molecule has 2 saturated carbocycles. The van der Waals surface area contributed by atoms with E-state index < -0.39 is 0 Å². The maximum absolute atomic E-state index is 13.5. The number of carbonyl (C=O) groups excluding carboxylic acids is 1. The molecule has 0 bridgehead atoms. The first kappa shape index (κ1) is 18.3. The number of carbonyl (C=O) groups is 1. The normalized spacial score (nSPS) is 19.1. The predicted octanol–water partition coefficient (Wildman–Crippen LogP) is 5.76. The summed E-state index contributed by atoms with van der Waals surface area (Å²) < 4.78 is 5.58. The SMILES string of the molecule is Cc1ccccc1-c1cc(C(=O)N(C2CCCCC2)C2CCCCC2)no1. The lowest BCUT2D eigenvalue weighted by Crippen LogP contribution is -2.48. The Morgan fingerprint density at radius 2 is 1.56 bits per heavy atom. The summed E-state index contributed by atoms with van der Waals surface area (Å²) in [7, 11) is 0. The van der Waals surface area contributed by atoms with Gasteiger partial charge in [0, 0.05) is 23.7 Å². The van der Waals surface area contributed by atoms with Crippen LogP contribution in [0.4, 0.5) is 0 Å². The average Bonchev–Trinajstić information content (AvgIpc) is 3.20. The molecule has 0 spiro atoms. The van der Waals surface area contributed by atoms with Crippen molar-refractivity contribution in [1.82, 2.24) is 10.1 Å². The summed E-state index contributed by atoms with van der Waals surface area (Å²) in [5, 5.41) is 4.18. The predicted molar refractivity (Wildman–Crippen MR) is 107 cm³/mol. The van der Waals surface area contributed by atoms with Gasteiger partial charge in [0.05, 0.1) is 0 Å². The molecule has 27 heavy (non-hydrogen) atoms. The van der Waals surface area contributed by atoms with Crippen LogP contribution in [-0.4, -0.2) is 28.0 Å². The number of hydrogen-bond acceptors (Lipinski definition) is 3. The largest absolute Gasteiger partial charge is 0.355 e. The van der Waals surface area contributed by atoms with Crippen molar-refractivity contribution in [3.8, 4) is 11.3 Å². The zero-order valence-corrected chi connectivity index (χ0v) is 16.3. The zero-order valence-electron chi connectivity index (χ0n) is 16.3. The van der Waals surface area contributed by atoms with E-state index in [1.165, 1.54) is 38.5 Å². The van der Waals surface area contributed by atoms with E-state index in [1.807, 2.05) is 24.3 Å². The van der Waals surface area contributed by atoms with Crippen LogP contribution in [-0.2, 0) is 0 Å². The van der Waals surface area contributed by atoms with E-state index in [0.717, 1.165) is 36.8 Å². The van der Waals surface area contributed by atoms with E-state index in [2.05, 4.69) is 23.0 Å². The molecule has 1 heterocycles. The lowest BCUT2D eigenvalue weighted by molar-refractivity contribution is 0.0438. The lowest BCUT2D eigenvalue weighted by Gasteiger charge is -2.41. The highest BCUT2D eigenvalue weighted by Gasteiger charge is 2.34. The Bertz CT molecular complexity index is 752. The standard InChI is InChI=1S/C23H30N2O2/c1-17-10-8-9-15-20(17)22-16-21(24-27-22)23(26)25(18-11-4-2-5-12-18)19-13-6-3-7-14-19/h8-10,15-16,18-19H,2-7,11-14H2,1H3. The Labute approximate surface area is 161 Å². The van der Waals surface area contributed by atoms with E-state index >= 15 is 0 Å². The summed E-state index contributed by atoms with van der Waals surface area (Å²) in [5.41, 5.74) is 2.60. The second-order valence-electron chi connectivity index (χ2n) is 8.19. The average molecular weight is 367 g/mol. The smallest absolute Gasteiger partial charge is 0.276 e. The van der Waals surface area contributed by atoms with Crippen molar-refractivity contribution in [2.45, 2.75) is 83.2 Å². The number of benzene rings is 1. The summed E-state index contributed by atoms with van der Waals surface area (Å²) in [6, 6.07) is 10.6. The molecule has 1 amide bonds. The lowest BCUT2D eigenvalue weighted by atomic mass is 9.88. The number of nitrogens with zero attached hydrogens (tertiary/aromatic N) is 2. The third-order valence-electron chi connectivity index (χ3n) is 6.31. The molecule has 0 radical (unpaired) electrons. The maximum atomic E-state index is 13.5. The number of rotatable bonds is 4. The minimum atomic E-state index is 0.0670. The first-order chi connectivity index (χ1) is 13.2. The highest BCUT2D eigenvalue weighted by molar-refractivity contribution is 5.93. The van der Waals surface area contributed by atoms with Crippen molar-refractivity contribution in [2.24, 2.45) is 0 Å². The Morgan fingerprint density at radius 1 is 0.963 bits per heavy atom. The Kier molecular flexibility index (Phi) is 5.61. The van der Waals surface area contributed by atoms with Crippen LogP contribution in [0.2, 0.25) is 0 Å². The van der Waals surface area contributed by atoms with Gasteiger partial charge in [-0.15, -0.1) is 0 Å². The van der Waals surface area contributed by atoms with Crippen LogP contribution in [0.5, 0.6) is 0 Å². The Balaban J connectivity index is 1.60. The van der Waals surface area contributed by atoms with Gasteiger partial charge in [0.1, 0.15) is 0 Å². The molecule has 0 atom stereocenters. The minimum absolute atomic E-state index is 0.0670. The molecule has 4 heteroatoms. The van der Waals surface area contributed by atoms with Crippen molar-refractivity contribution in [1.29, 1.82) is 0 Å². The second kappa shape index (κ2) is 8.28. The van der Waals surface area contributed by atoms with E-state index in [-0.39, 0.29) is 5.91 Å². The molecule has 1 aromatic heterocycles. The molecule has 0 N–H and O–H groups in total. The van der Waals surface area contributed by atoms with Gasteiger partial charge >= 0.3 is 0 Å². The van der Waals surface area contributed by atoms with Gasteiger partial charge in [-0.1, -0.05) is 67.9 Å². The molecular formula is C23H30N2O2. The molecule has 4 rings (SSSR count). The van der Waals surface area contributed by atoms with Crippen molar-refractivity contribution < 1.29 is 9.32 Å². The van der Waals surface area contributed by atoms with Crippen molar-refractivity contribution in [3.63, 3.8) is 0 Å². The minimum Gasteiger partial charge on any atom is -0.355 e. The van der Waals surface area contributed by atoms with Crippen LogP contribution in [0.15, 0.2) is 34.9 Å². The number of hydrogen-bond donors (Lipinski definition) is 0. The number of aromatic nitrogens is 1. The molecule has 4 nitrogen and oxygen atoms in total. The highest BCUT2D eigenvalue weighted by Crippen LogP contribution is 2.32. The molecular weight excluding hydrogens is 336 g/mol. The van der Waals surface area contributed by atoms with Gasteiger partial charge in [-0.25, -0.2) is 0 Å². The third-order valence-corrected chi connectivity index (χ3v) is 6.31. The van der Waals surface area contributed by atoms with Gasteiger partial charge in [0.15, 0.2) is 11.5 Å². The fourth-order valence-corrected chi connectivity index (χ4v) is 4.83. The second-order valence-corrected chi connectivity index (χ2v) is 8.19. The van der Waals surface area contributed by atoms with Crippen LogP contribution >= 0.6 is 0 Å². The van der Waals surface area contributed by atoms with Crippen molar-refractivity contribution >= 4 is 5.91 Å². The molecule has 2 fully saturated rings. The van der Waals surface area contributed by atoms with Crippen molar-refractivity contribution in [2.75, 3.05) is 0 Å². The number of aryl methyl sites for hydroxylation is 1. The Morgan fingerprint density at radius 3 is 2.15 bits per heavy atom. The first-order valence-corrected chi connectivity index (χ1v) is 10.6. The van der Waals surface area contributed by atoms with Crippen LogP contribution in [0.3, 0.4) is 0 Å². The quantitative estimate of drug-likeness (QED) is 0.691. The molecule has 1 aromatic carbocycles. The third kappa shape index (κ3) is 3.95. The topological polar surface area (TPSA) is 46.3 Å². The molecule has 2 aromatic rings. The van der Waals surface area contributed by atoms with Gasteiger partial charge < -0.3 is 9.42 Å². The molecule has 0 saturated heterocycles. The summed E-state index contributed by atoms with van der Waals surface area (Å²) >= 11 is 0. The van der Waals surface area contributed by atoms with E-state index in [9.17, 15) is 4.79 Å².